The summed E-state index contributed by atoms with van der Waals surface area (Å²) < 4.78 is 5.06. The Morgan fingerprint density at radius 3 is 2.41 bits per heavy atom. The summed E-state index contributed by atoms with van der Waals surface area (Å²) >= 11 is 0. The van der Waals surface area contributed by atoms with E-state index in [4.69, 9.17) is 9.84 Å². The van der Waals surface area contributed by atoms with E-state index in [0.717, 1.165) is 0 Å². The summed E-state index contributed by atoms with van der Waals surface area (Å²) in [6.07, 6.45) is -0.402. The maximum Gasteiger partial charge on any atom is 0.407 e. The van der Waals surface area contributed by atoms with Crippen LogP contribution in [0.5, 0.6) is 0 Å². The van der Waals surface area contributed by atoms with Crippen LogP contribution in [0.15, 0.2) is 0 Å². The van der Waals surface area contributed by atoms with Crippen LogP contribution in [0.25, 0.3) is 0 Å². The van der Waals surface area contributed by atoms with E-state index in [9.17, 15) is 9.59 Å². The van der Waals surface area contributed by atoms with Crippen LogP contribution in [0.2, 0.25) is 0 Å². The first-order chi connectivity index (χ1) is 7.70. The maximum atomic E-state index is 11.3. The van der Waals surface area contributed by atoms with Gasteiger partial charge in [-0.3, -0.25) is 4.79 Å². The Morgan fingerprint density at radius 2 is 1.94 bits per heavy atom. The quantitative estimate of drug-likeness (QED) is 0.650. The summed E-state index contributed by atoms with van der Waals surface area (Å²) in [5.41, 5.74) is -0.510. The Labute approximate surface area is 102 Å². The van der Waals surface area contributed by atoms with E-state index in [1.54, 1.807) is 20.8 Å². The molecule has 0 aliphatic carbocycles. The molecule has 0 saturated heterocycles. The number of carbonyl (C=O) groups excluding carboxylic acids is 1. The molecule has 100 valence electrons. The minimum Gasteiger partial charge on any atom is -0.481 e. The van der Waals surface area contributed by atoms with Crippen molar-refractivity contribution in [1.82, 2.24) is 10.6 Å². The van der Waals surface area contributed by atoms with E-state index in [0.29, 0.717) is 13.1 Å². The molecule has 0 rings (SSSR count). The molecule has 3 N–H and O–H groups in total. The lowest BCUT2D eigenvalue weighted by Crippen LogP contribution is -2.41. The molecule has 6 heteroatoms. The molecular weight excluding hydrogens is 224 g/mol. The van der Waals surface area contributed by atoms with E-state index >= 15 is 0 Å². The minimum atomic E-state index is -0.843. The maximum absolute atomic E-state index is 11.3. The Bertz CT molecular complexity index is 261. The van der Waals surface area contributed by atoms with Gasteiger partial charge in [0.2, 0.25) is 0 Å². The average Bonchev–Trinajstić information content (AvgIpc) is 2.11. The van der Waals surface area contributed by atoms with Gasteiger partial charge in [0.05, 0.1) is 6.42 Å². The third-order valence-corrected chi connectivity index (χ3v) is 1.78. The Balaban J connectivity index is 3.66. The largest absolute Gasteiger partial charge is 0.481 e. The van der Waals surface area contributed by atoms with Crippen LogP contribution in [-0.4, -0.2) is 41.9 Å². The number of hydrogen-bond donors (Lipinski definition) is 3. The lowest BCUT2D eigenvalue weighted by Gasteiger charge is -2.21. The number of rotatable bonds is 6. The van der Waals surface area contributed by atoms with Crippen molar-refractivity contribution in [3.8, 4) is 0 Å². The summed E-state index contributed by atoms with van der Waals surface area (Å²) in [6.45, 7) is 8.02. The van der Waals surface area contributed by atoms with E-state index in [-0.39, 0.29) is 12.5 Å². The number of aliphatic carboxylic acids is 1. The number of carboxylic acid groups (broad SMARTS) is 1. The van der Waals surface area contributed by atoms with Crippen molar-refractivity contribution in [2.24, 2.45) is 0 Å². The first-order valence-electron chi connectivity index (χ1n) is 5.63. The predicted molar refractivity (Wildman–Crippen MR) is 64.0 cm³/mol. The lowest BCUT2D eigenvalue weighted by molar-refractivity contribution is -0.136. The number of carbonyl (C=O) groups is 2. The van der Waals surface area contributed by atoms with Crippen molar-refractivity contribution in [2.45, 2.75) is 45.8 Å². The third kappa shape index (κ3) is 11.0. The average molecular weight is 246 g/mol. The van der Waals surface area contributed by atoms with Crippen LogP contribution in [0.3, 0.4) is 0 Å². The molecule has 0 aromatic rings. The van der Waals surface area contributed by atoms with Gasteiger partial charge in [0.1, 0.15) is 5.60 Å². The highest BCUT2D eigenvalue weighted by Crippen LogP contribution is 2.06. The molecule has 1 amide bonds. The zero-order valence-electron chi connectivity index (χ0n) is 10.9. The molecule has 0 radical (unpaired) electrons. The van der Waals surface area contributed by atoms with Crippen molar-refractivity contribution in [1.29, 1.82) is 0 Å². The highest BCUT2D eigenvalue weighted by molar-refractivity contribution is 5.67. The number of carboxylic acids is 1. The summed E-state index contributed by atoms with van der Waals surface area (Å²) in [6, 6.07) is 0.00173. The molecule has 1 atom stereocenters. The summed E-state index contributed by atoms with van der Waals surface area (Å²) in [5.74, 6) is -0.843. The monoisotopic (exact) mass is 246 g/mol. The number of alkyl carbamates (subject to hydrolysis) is 1. The van der Waals surface area contributed by atoms with E-state index in [1.165, 1.54) is 0 Å². The van der Waals surface area contributed by atoms with Gasteiger partial charge < -0.3 is 20.5 Å². The number of hydrogen-bond acceptors (Lipinski definition) is 4. The molecule has 1 unspecified atom stereocenters. The van der Waals surface area contributed by atoms with Crippen LogP contribution in [0, 0.1) is 0 Å². The van der Waals surface area contributed by atoms with Crippen molar-refractivity contribution in [3.05, 3.63) is 0 Å². The molecule has 0 spiro atoms. The topological polar surface area (TPSA) is 87.7 Å². The fourth-order valence-electron chi connectivity index (χ4n) is 1.05. The molecule has 0 aromatic heterocycles. The molecule has 0 bridgehead atoms. The Hall–Kier alpha value is -1.30. The first-order valence-corrected chi connectivity index (χ1v) is 5.63. The molecule has 0 aromatic carbocycles. The van der Waals surface area contributed by atoms with Crippen LogP contribution in [-0.2, 0) is 9.53 Å². The number of amides is 1. The molecule has 0 heterocycles. The van der Waals surface area contributed by atoms with Gasteiger partial charge in [-0.25, -0.2) is 4.79 Å². The van der Waals surface area contributed by atoms with Gasteiger partial charge in [-0.1, -0.05) is 0 Å². The van der Waals surface area contributed by atoms with Crippen LogP contribution in [0.4, 0.5) is 4.79 Å². The molecular formula is C11H22N2O4. The van der Waals surface area contributed by atoms with Crippen molar-refractivity contribution >= 4 is 12.1 Å². The van der Waals surface area contributed by atoms with Gasteiger partial charge in [-0.05, 0) is 27.7 Å². The smallest absolute Gasteiger partial charge is 0.407 e. The molecule has 0 aliphatic heterocycles. The standard InChI is InChI=1S/C11H22N2O4/c1-8(12-6-5-9(14)15)7-13-10(16)17-11(2,3)4/h8,12H,5-7H2,1-4H3,(H,13,16)(H,14,15). The second-order valence-electron chi connectivity index (χ2n) is 4.88. The van der Waals surface area contributed by atoms with Gasteiger partial charge in [0.25, 0.3) is 0 Å². The Morgan fingerprint density at radius 1 is 1.35 bits per heavy atom. The molecule has 17 heavy (non-hydrogen) atoms. The highest BCUT2D eigenvalue weighted by Gasteiger charge is 2.16. The second kappa shape index (κ2) is 7.11. The van der Waals surface area contributed by atoms with E-state index in [2.05, 4.69) is 10.6 Å². The third-order valence-electron chi connectivity index (χ3n) is 1.78. The normalized spacial score (nSPS) is 12.9. The van der Waals surface area contributed by atoms with Gasteiger partial charge in [-0.15, -0.1) is 0 Å². The zero-order chi connectivity index (χ0) is 13.5. The van der Waals surface area contributed by atoms with Crippen molar-refractivity contribution in [3.63, 3.8) is 0 Å². The van der Waals surface area contributed by atoms with Gasteiger partial charge in [0, 0.05) is 19.1 Å². The zero-order valence-corrected chi connectivity index (χ0v) is 10.9. The Kier molecular flexibility index (Phi) is 6.57. The fraction of sp³-hybridized carbons (Fsp3) is 0.818. The van der Waals surface area contributed by atoms with Crippen LogP contribution < -0.4 is 10.6 Å². The van der Waals surface area contributed by atoms with Crippen molar-refractivity contribution < 1.29 is 19.4 Å². The number of ether oxygens (including phenoxy) is 1. The van der Waals surface area contributed by atoms with Crippen LogP contribution in [0.1, 0.15) is 34.1 Å². The summed E-state index contributed by atoms with van der Waals surface area (Å²) in [5, 5.41) is 14.0. The van der Waals surface area contributed by atoms with E-state index < -0.39 is 17.7 Å². The first kappa shape index (κ1) is 15.7. The molecule has 0 aliphatic rings. The van der Waals surface area contributed by atoms with Gasteiger partial charge in [-0.2, -0.15) is 0 Å². The predicted octanol–water partition coefficient (Wildman–Crippen LogP) is 0.964. The SMILES string of the molecule is CC(CNC(=O)OC(C)(C)C)NCCC(=O)O. The number of nitrogens with one attached hydrogen (secondary N) is 2. The minimum absolute atomic E-state index is 0.00173. The van der Waals surface area contributed by atoms with E-state index in [1.807, 2.05) is 6.92 Å². The fourth-order valence-corrected chi connectivity index (χ4v) is 1.05. The van der Waals surface area contributed by atoms with Gasteiger partial charge in [0.15, 0.2) is 0 Å². The van der Waals surface area contributed by atoms with Crippen molar-refractivity contribution in [2.75, 3.05) is 13.1 Å². The second-order valence-corrected chi connectivity index (χ2v) is 4.88. The van der Waals surface area contributed by atoms with Crippen LogP contribution >= 0.6 is 0 Å². The highest BCUT2D eigenvalue weighted by atomic mass is 16.6. The van der Waals surface area contributed by atoms with Gasteiger partial charge >= 0.3 is 12.1 Å². The lowest BCUT2D eigenvalue weighted by atomic mass is 10.2. The molecule has 0 saturated carbocycles. The molecule has 6 nitrogen and oxygen atoms in total. The summed E-state index contributed by atoms with van der Waals surface area (Å²) in [4.78, 5) is 21.6. The summed E-state index contributed by atoms with van der Waals surface area (Å²) in [7, 11) is 0. The molecule has 0 fully saturated rings.